The molecule has 0 fully saturated rings. The van der Waals surface area contributed by atoms with E-state index < -0.39 is 12.1 Å². The second-order valence-electron chi connectivity index (χ2n) is 17.9. The molecule has 0 spiro atoms. The first kappa shape index (κ1) is 58.8. The fraction of sp³-hybridized carbons (Fsp3) is 0.772. The lowest BCUT2D eigenvalue weighted by atomic mass is 10.0. The molecular formula is C57H103NO3. The van der Waals surface area contributed by atoms with Crippen LogP contribution >= 0.6 is 0 Å². The second-order valence-corrected chi connectivity index (χ2v) is 17.9. The van der Waals surface area contributed by atoms with Crippen molar-refractivity contribution in [1.29, 1.82) is 0 Å². The van der Waals surface area contributed by atoms with Crippen molar-refractivity contribution in [3.8, 4) is 0 Å². The fourth-order valence-corrected chi connectivity index (χ4v) is 7.89. The van der Waals surface area contributed by atoms with Crippen LogP contribution in [0.15, 0.2) is 72.9 Å². The predicted molar refractivity (Wildman–Crippen MR) is 271 cm³/mol. The molecular weight excluding hydrogens is 747 g/mol. The topological polar surface area (TPSA) is 69.6 Å². The molecule has 0 aliphatic rings. The highest BCUT2D eigenvalue weighted by molar-refractivity contribution is 5.76. The van der Waals surface area contributed by atoms with Gasteiger partial charge < -0.3 is 15.5 Å². The molecule has 4 nitrogen and oxygen atoms in total. The van der Waals surface area contributed by atoms with Gasteiger partial charge in [0.1, 0.15) is 0 Å². The van der Waals surface area contributed by atoms with Crippen LogP contribution in [0.25, 0.3) is 0 Å². The van der Waals surface area contributed by atoms with Gasteiger partial charge in [0, 0.05) is 6.42 Å². The zero-order valence-corrected chi connectivity index (χ0v) is 40.7. The fourth-order valence-electron chi connectivity index (χ4n) is 7.89. The molecule has 0 saturated heterocycles. The smallest absolute Gasteiger partial charge is 0.220 e. The van der Waals surface area contributed by atoms with Crippen LogP contribution in [-0.2, 0) is 4.79 Å². The monoisotopic (exact) mass is 850 g/mol. The first-order chi connectivity index (χ1) is 30.2. The third-order valence-electron chi connectivity index (χ3n) is 11.9. The van der Waals surface area contributed by atoms with Crippen molar-refractivity contribution in [2.24, 2.45) is 0 Å². The Bertz CT molecular complexity index is 1050. The minimum Gasteiger partial charge on any atom is -0.394 e. The minimum absolute atomic E-state index is 0.0735. The predicted octanol–water partition coefficient (Wildman–Crippen LogP) is 17.4. The summed E-state index contributed by atoms with van der Waals surface area (Å²) in [6.07, 6.45) is 74.8. The van der Waals surface area contributed by atoms with E-state index in [2.05, 4.69) is 79.9 Å². The summed E-state index contributed by atoms with van der Waals surface area (Å²) in [5.74, 6) is -0.0735. The number of allylic oxidation sites excluding steroid dienone is 11. The van der Waals surface area contributed by atoms with Gasteiger partial charge in [0.25, 0.3) is 0 Å². The summed E-state index contributed by atoms with van der Waals surface area (Å²) in [5, 5.41) is 23.1. The van der Waals surface area contributed by atoms with Crippen molar-refractivity contribution in [3.05, 3.63) is 72.9 Å². The molecule has 0 aliphatic heterocycles. The van der Waals surface area contributed by atoms with Crippen LogP contribution < -0.4 is 5.32 Å². The van der Waals surface area contributed by atoms with Crippen LogP contribution in [0.2, 0.25) is 0 Å². The average molecular weight is 850 g/mol. The summed E-state index contributed by atoms with van der Waals surface area (Å²) in [7, 11) is 0. The van der Waals surface area contributed by atoms with Gasteiger partial charge in [0.2, 0.25) is 5.91 Å². The zero-order chi connectivity index (χ0) is 44.2. The molecule has 61 heavy (non-hydrogen) atoms. The first-order valence-electron chi connectivity index (χ1n) is 26.7. The SMILES string of the molecule is CC/C=C\C/C=C\C/C=C\C/C=C\CCCCCCCCCCCCCCCCCCC(=O)NC(CO)C(O)/C=C/CC/C=C/CCCCCCCCCCCCCCCC. The molecule has 0 aliphatic carbocycles. The molecule has 0 radical (unpaired) electrons. The van der Waals surface area contributed by atoms with Crippen molar-refractivity contribution in [1.82, 2.24) is 5.32 Å². The standard InChI is InChI=1S/C57H103NO3/c1-3-5-7-9-11-13-15-17-19-21-23-25-26-27-28-29-30-31-32-33-35-37-39-41-43-45-47-49-51-53-57(61)58-55(54-59)56(60)52-50-48-46-44-42-40-38-36-34-24-22-20-18-16-14-12-10-8-6-4-2/h5,7,11,13,17,19,23,25,42,44,50,52,55-56,59-60H,3-4,6,8-10,12,14-16,18,20-22,24,26-41,43,45-49,51,53-54H2,1-2H3,(H,58,61)/b7-5-,13-11-,19-17-,25-23-,44-42+,52-50+. The van der Waals surface area contributed by atoms with Crippen LogP contribution in [0, 0.1) is 0 Å². The molecule has 2 unspecified atom stereocenters. The van der Waals surface area contributed by atoms with Gasteiger partial charge in [-0.15, -0.1) is 0 Å². The maximum atomic E-state index is 12.5. The van der Waals surface area contributed by atoms with Crippen molar-refractivity contribution in [2.45, 2.75) is 276 Å². The number of carbonyl (C=O) groups is 1. The quantitative estimate of drug-likeness (QED) is 0.0422. The summed E-state index contributed by atoms with van der Waals surface area (Å²) in [6.45, 7) is 4.20. The Morgan fingerprint density at radius 2 is 0.738 bits per heavy atom. The molecule has 4 heteroatoms. The number of amides is 1. The van der Waals surface area contributed by atoms with Gasteiger partial charge in [-0.3, -0.25) is 4.79 Å². The van der Waals surface area contributed by atoms with Crippen LogP contribution in [-0.4, -0.2) is 34.9 Å². The third-order valence-corrected chi connectivity index (χ3v) is 11.9. The molecule has 0 rings (SSSR count). The van der Waals surface area contributed by atoms with Gasteiger partial charge in [-0.05, 0) is 70.6 Å². The van der Waals surface area contributed by atoms with Crippen molar-refractivity contribution >= 4 is 5.91 Å². The largest absolute Gasteiger partial charge is 0.394 e. The molecule has 0 bridgehead atoms. The third kappa shape index (κ3) is 48.7. The van der Waals surface area contributed by atoms with Gasteiger partial charge in [0.05, 0.1) is 18.8 Å². The number of nitrogens with one attached hydrogen (secondary N) is 1. The highest BCUT2D eigenvalue weighted by Crippen LogP contribution is 2.16. The Hall–Kier alpha value is -2.17. The number of carbonyl (C=O) groups excluding carboxylic acids is 1. The van der Waals surface area contributed by atoms with E-state index in [4.69, 9.17) is 0 Å². The number of unbranched alkanes of at least 4 members (excludes halogenated alkanes) is 31. The Morgan fingerprint density at radius 3 is 1.15 bits per heavy atom. The number of hydrogen-bond donors (Lipinski definition) is 3. The van der Waals surface area contributed by atoms with E-state index in [9.17, 15) is 15.0 Å². The number of aliphatic hydroxyl groups is 2. The van der Waals surface area contributed by atoms with Gasteiger partial charge in [-0.25, -0.2) is 0 Å². The van der Waals surface area contributed by atoms with Crippen molar-refractivity contribution in [2.75, 3.05) is 6.61 Å². The van der Waals surface area contributed by atoms with Crippen LogP contribution in [0.3, 0.4) is 0 Å². The van der Waals surface area contributed by atoms with E-state index in [1.165, 1.54) is 186 Å². The molecule has 0 saturated carbocycles. The number of aliphatic hydroxyl groups excluding tert-OH is 2. The van der Waals surface area contributed by atoms with Crippen LogP contribution in [0.4, 0.5) is 0 Å². The Balaban J connectivity index is 3.54. The van der Waals surface area contributed by atoms with Gasteiger partial charge >= 0.3 is 0 Å². The number of rotatable bonds is 48. The summed E-state index contributed by atoms with van der Waals surface area (Å²) >= 11 is 0. The van der Waals surface area contributed by atoms with Gasteiger partial charge in [-0.2, -0.15) is 0 Å². The van der Waals surface area contributed by atoms with Crippen LogP contribution in [0.5, 0.6) is 0 Å². The van der Waals surface area contributed by atoms with Gasteiger partial charge in [0.15, 0.2) is 0 Å². The summed E-state index contributed by atoms with van der Waals surface area (Å²) in [5.41, 5.74) is 0. The van der Waals surface area contributed by atoms with Crippen molar-refractivity contribution in [3.63, 3.8) is 0 Å². The van der Waals surface area contributed by atoms with E-state index in [0.29, 0.717) is 6.42 Å². The highest BCUT2D eigenvalue weighted by Gasteiger charge is 2.17. The van der Waals surface area contributed by atoms with E-state index in [0.717, 1.165) is 57.8 Å². The normalized spacial score (nSPS) is 13.4. The summed E-state index contributed by atoms with van der Waals surface area (Å²) in [4.78, 5) is 12.5. The molecule has 354 valence electrons. The maximum Gasteiger partial charge on any atom is 0.220 e. The first-order valence-corrected chi connectivity index (χ1v) is 26.7. The van der Waals surface area contributed by atoms with E-state index in [1.54, 1.807) is 6.08 Å². The molecule has 0 aromatic heterocycles. The summed E-state index contributed by atoms with van der Waals surface area (Å²) < 4.78 is 0. The van der Waals surface area contributed by atoms with Crippen LogP contribution in [0.1, 0.15) is 264 Å². The van der Waals surface area contributed by atoms with Gasteiger partial charge in [-0.1, -0.05) is 260 Å². The van der Waals surface area contributed by atoms with E-state index in [-0.39, 0.29) is 12.5 Å². The van der Waals surface area contributed by atoms with E-state index >= 15 is 0 Å². The Labute approximate surface area is 380 Å². The maximum absolute atomic E-state index is 12.5. The average Bonchev–Trinajstić information content (AvgIpc) is 3.26. The molecule has 0 heterocycles. The lowest BCUT2D eigenvalue weighted by molar-refractivity contribution is -0.123. The zero-order valence-electron chi connectivity index (χ0n) is 40.7. The molecule has 1 amide bonds. The lowest BCUT2D eigenvalue weighted by Crippen LogP contribution is -2.45. The second kappa shape index (κ2) is 52.2. The Morgan fingerprint density at radius 1 is 0.410 bits per heavy atom. The molecule has 0 aromatic carbocycles. The molecule has 2 atom stereocenters. The van der Waals surface area contributed by atoms with E-state index in [1.807, 2.05) is 6.08 Å². The summed E-state index contributed by atoms with van der Waals surface area (Å²) in [6, 6.07) is -0.642. The highest BCUT2D eigenvalue weighted by atomic mass is 16.3. The van der Waals surface area contributed by atoms with Crippen molar-refractivity contribution < 1.29 is 15.0 Å². The molecule has 3 N–H and O–H groups in total. The Kier molecular flexibility index (Phi) is 50.3. The number of hydrogen-bond acceptors (Lipinski definition) is 3. The molecule has 0 aromatic rings. The lowest BCUT2D eigenvalue weighted by Gasteiger charge is -2.19. The minimum atomic E-state index is -0.865.